The van der Waals surface area contributed by atoms with E-state index in [1.165, 1.54) is 0 Å². The number of carbonyl (C=O) groups excluding carboxylic acids is 2. The molecule has 2 amide bonds. The Hall–Kier alpha value is -3.02. The summed E-state index contributed by atoms with van der Waals surface area (Å²) in [5.74, 6) is 1.45. The molecule has 0 atom stereocenters. The summed E-state index contributed by atoms with van der Waals surface area (Å²) in [6, 6.07) is 16.8. The van der Waals surface area contributed by atoms with Crippen LogP contribution in [0.1, 0.15) is 19.3 Å². The maximum absolute atomic E-state index is 12.5. The summed E-state index contributed by atoms with van der Waals surface area (Å²) in [4.78, 5) is 26.7. The van der Waals surface area contributed by atoms with Gasteiger partial charge in [-0.1, -0.05) is 24.3 Å². The lowest BCUT2D eigenvalue weighted by atomic mass is 9.95. The van der Waals surface area contributed by atoms with Gasteiger partial charge in [0.15, 0.2) is 0 Å². The first kappa shape index (κ1) is 19.7. The molecule has 1 fully saturated rings. The molecule has 1 heterocycles. The van der Waals surface area contributed by atoms with Gasteiger partial charge in [0.25, 0.3) is 0 Å². The number of nitrogens with zero attached hydrogens (tertiary/aromatic N) is 1. The molecule has 1 N–H and O–H groups in total. The van der Waals surface area contributed by atoms with Gasteiger partial charge in [0.05, 0.1) is 20.1 Å². The molecule has 2 aromatic rings. The van der Waals surface area contributed by atoms with Gasteiger partial charge in [0, 0.05) is 30.8 Å². The lowest BCUT2D eigenvalue weighted by Crippen LogP contribution is -2.41. The highest BCUT2D eigenvalue weighted by atomic mass is 16.5. The lowest BCUT2D eigenvalue weighted by Gasteiger charge is -2.31. The molecule has 0 unspecified atom stereocenters. The number of benzene rings is 2. The molecule has 0 saturated carbocycles. The number of para-hydroxylation sites is 1. The van der Waals surface area contributed by atoms with Crippen molar-refractivity contribution < 1.29 is 19.1 Å². The van der Waals surface area contributed by atoms with Crippen molar-refractivity contribution in [3.05, 3.63) is 54.6 Å². The molecule has 0 bridgehead atoms. The number of ether oxygens (including phenoxy) is 2. The minimum Gasteiger partial charge on any atom is -0.497 e. The van der Waals surface area contributed by atoms with Gasteiger partial charge in [-0.3, -0.25) is 9.59 Å². The molecule has 148 valence electrons. The Kier molecular flexibility index (Phi) is 6.89. The molecule has 0 radical (unpaired) electrons. The van der Waals surface area contributed by atoms with Crippen LogP contribution in [0.15, 0.2) is 54.6 Å². The zero-order chi connectivity index (χ0) is 19.8. The van der Waals surface area contributed by atoms with Crippen molar-refractivity contribution >= 4 is 17.5 Å². The van der Waals surface area contributed by atoms with E-state index >= 15 is 0 Å². The number of hydrogen-bond acceptors (Lipinski definition) is 4. The van der Waals surface area contributed by atoms with Gasteiger partial charge in [0.2, 0.25) is 11.8 Å². The number of hydrogen-bond donors (Lipinski definition) is 1. The van der Waals surface area contributed by atoms with E-state index in [4.69, 9.17) is 9.47 Å². The zero-order valence-electron chi connectivity index (χ0n) is 16.1. The standard InChI is InChI=1S/C22H26N2O4/c1-27-20-9-5-6-18(16-20)23-22(26)17-10-13-24(14-11-17)21(25)12-15-28-19-7-3-2-4-8-19/h2-9,16-17H,10-15H2,1H3,(H,23,26). The van der Waals surface area contributed by atoms with Crippen LogP contribution in [0.5, 0.6) is 11.5 Å². The Morgan fingerprint density at radius 3 is 2.46 bits per heavy atom. The van der Waals surface area contributed by atoms with E-state index in [-0.39, 0.29) is 17.7 Å². The maximum atomic E-state index is 12.5. The number of piperidine rings is 1. The second-order valence-corrected chi connectivity index (χ2v) is 6.79. The molecule has 1 aliphatic heterocycles. The Morgan fingerprint density at radius 1 is 1.04 bits per heavy atom. The number of anilines is 1. The van der Waals surface area contributed by atoms with Gasteiger partial charge >= 0.3 is 0 Å². The zero-order valence-corrected chi connectivity index (χ0v) is 16.1. The molecular weight excluding hydrogens is 356 g/mol. The van der Waals surface area contributed by atoms with Crippen LogP contribution in [0, 0.1) is 5.92 Å². The van der Waals surface area contributed by atoms with Gasteiger partial charge in [-0.2, -0.15) is 0 Å². The fourth-order valence-corrected chi connectivity index (χ4v) is 3.27. The van der Waals surface area contributed by atoms with Crippen LogP contribution in [0.4, 0.5) is 5.69 Å². The number of methoxy groups -OCH3 is 1. The van der Waals surface area contributed by atoms with Gasteiger partial charge in [0.1, 0.15) is 11.5 Å². The van der Waals surface area contributed by atoms with Crippen molar-refractivity contribution in [2.75, 3.05) is 32.1 Å². The normalized spacial score (nSPS) is 14.4. The molecule has 0 aromatic heterocycles. The minimum atomic E-state index is -0.0872. The monoisotopic (exact) mass is 382 g/mol. The third kappa shape index (κ3) is 5.49. The van der Waals surface area contributed by atoms with Gasteiger partial charge in [-0.25, -0.2) is 0 Å². The van der Waals surface area contributed by atoms with Gasteiger partial charge in [-0.05, 0) is 37.1 Å². The van der Waals surface area contributed by atoms with Gasteiger partial charge in [-0.15, -0.1) is 0 Å². The third-order valence-electron chi connectivity index (χ3n) is 4.88. The summed E-state index contributed by atoms with van der Waals surface area (Å²) in [6.07, 6.45) is 1.68. The van der Waals surface area contributed by atoms with E-state index in [9.17, 15) is 9.59 Å². The number of amides is 2. The molecule has 6 heteroatoms. The van der Waals surface area contributed by atoms with Crippen molar-refractivity contribution in [1.82, 2.24) is 4.90 Å². The molecule has 6 nitrogen and oxygen atoms in total. The molecule has 2 aromatic carbocycles. The van der Waals surface area contributed by atoms with Crippen LogP contribution >= 0.6 is 0 Å². The summed E-state index contributed by atoms with van der Waals surface area (Å²) in [7, 11) is 1.60. The van der Waals surface area contributed by atoms with E-state index < -0.39 is 0 Å². The van der Waals surface area contributed by atoms with Crippen molar-refractivity contribution in [3.8, 4) is 11.5 Å². The van der Waals surface area contributed by atoms with E-state index in [1.54, 1.807) is 13.2 Å². The number of rotatable bonds is 7. The average Bonchev–Trinajstić information content (AvgIpc) is 2.74. The van der Waals surface area contributed by atoms with Crippen LogP contribution in [0.2, 0.25) is 0 Å². The summed E-state index contributed by atoms with van der Waals surface area (Å²) >= 11 is 0. The first-order chi connectivity index (χ1) is 13.7. The second-order valence-electron chi connectivity index (χ2n) is 6.79. The number of likely N-dealkylation sites (tertiary alicyclic amines) is 1. The smallest absolute Gasteiger partial charge is 0.227 e. The van der Waals surface area contributed by atoms with E-state index in [0.29, 0.717) is 44.7 Å². The lowest BCUT2D eigenvalue weighted by molar-refractivity contribution is -0.135. The Morgan fingerprint density at radius 2 is 1.75 bits per heavy atom. The minimum absolute atomic E-state index is 0.00670. The summed E-state index contributed by atoms with van der Waals surface area (Å²) in [5, 5.41) is 2.94. The highest BCUT2D eigenvalue weighted by Crippen LogP contribution is 2.22. The molecule has 28 heavy (non-hydrogen) atoms. The predicted octanol–water partition coefficient (Wildman–Crippen LogP) is 3.34. The molecular formula is C22H26N2O4. The topological polar surface area (TPSA) is 67.9 Å². The molecule has 1 aliphatic rings. The first-order valence-corrected chi connectivity index (χ1v) is 9.56. The van der Waals surface area contributed by atoms with Crippen molar-refractivity contribution in [2.24, 2.45) is 5.92 Å². The summed E-state index contributed by atoms with van der Waals surface area (Å²) in [5.41, 5.74) is 0.723. The summed E-state index contributed by atoms with van der Waals surface area (Å²) in [6.45, 7) is 1.56. The second kappa shape index (κ2) is 9.78. The third-order valence-corrected chi connectivity index (χ3v) is 4.88. The van der Waals surface area contributed by atoms with E-state index in [1.807, 2.05) is 53.4 Å². The van der Waals surface area contributed by atoms with Crippen LogP contribution in [0.25, 0.3) is 0 Å². The van der Waals surface area contributed by atoms with Crippen molar-refractivity contribution in [2.45, 2.75) is 19.3 Å². The van der Waals surface area contributed by atoms with E-state index in [0.717, 1.165) is 11.4 Å². The predicted molar refractivity (Wildman–Crippen MR) is 107 cm³/mol. The molecule has 0 spiro atoms. The molecule has 3 rings (SSSR count). The SMILES string of the molecule is COc1cccc(NC(=O)C2CCN(C(=O)CCOc3ccccc3)CC2)c1. The van der Waals surface area contributed by atoms with Crippen LogP contribution in [0.3, 0.4) is 0 Å². The quantitative estimate of drug-likeness (QED) is 0.798. The van der Waals surface area contributed by atoms with Crippen LogP contribution in [-0.2, 0) is 9.59 Å². The average molecular weight is 382 g/mol. The number of carbonyl (C=O) groups is 2. The summed E-state index contributed by atoms with van der Waals surface area (Å²) < 4.78 is 10.8. The highest BCUT2D eigenvalue weighted by Gasteiger charge is 2.27. The maximum Gasteiger partial charge on any atom is 0.227 e. The largest absolute Gasteiger partial charge is 0.497 e. The Balaban J connectivity index is 1.40. The first-order valence-electron chi connectivity index (χ1n) is 9.56. The van der Waals surface area contributed by atoms with Gasteiger partial charge < -0.3 is 19.7 Å². The fourth-order valence-electron chi connectivity index (χ4n) is 3.27. The Labute approximate surface area is 165 Å². The Bertz CT molecular complexity index is 786. The van der Waals surface area contributed by atoms with Crippen LogP contribution < -0.4 is 14.8 Å². The highest BCUT2D eigenvalue weighted by molar-refractivity contribution is 5.93. The molecule has 1 saturated heterocycles. The molecule has 0 aliphatic carbocycles. The van der Waals surface area contributed by atoms with E-state index in [2.05, 4.69) is 5.32 Å². The van der Waals surface area contributed by atoms with Crippen molar-refractivity contribution in [1.29, 1.82) is 0 Å². The van der Waals surface area contributed by atoms with Crippen LogP contribution in [-0.4, -0.2) is 43.5 Å². The number of nitrogens with one attached hydrogen (secondary N) is 1. The fraction of sp³-hybridized carbons (Fsp3) is 0.364. The van der Waals surface area contributed by atoms with Crippen molar-refractivity contribution in [3.63, 3.8) is 0 Å².